The van der Waals surface area contributed by atoms with Crippen molar-refractivity contribution >= 4 is 17.6 Å². The number of nitrogens with one attached hydrogen (secondary N) is 1. The predicted octanol–water partition coefficient (Wildman–Crippen LogP) is 1.64. The molecule has 2 aliphatic rings. The van der Waals surface area contributed by atoms with Crippen LogP contribution in [0.15, 0.2) is 6.07 Å². The number of hydrogen-bond acceptors (Lipinski definition) is 6. The maximum atomic E-state index is 5.81. The lowest BCUT2D eigenvalue weighted by molar-refractivity contribution is 0.0215. The first-order valence-corrected chi connectivity index (χ1v) is 7.44. The molecule has 0 bridgehead atoms. The van der Waals surface area contributed by atoms with Crippen LogP contribution < -0.4 is 16.0 Å². The van der Waals surface area contributed by atoms with Gasteiger partial charge in [0, 0.05) is 32.3 Å². The highest BCUT2D eigenvalue weighted by Gasteiger charge is 2.22. The molecule has 3 N–H and O–H groups in total. The highest BCUT2D eigenvalue weighted by molar-refractivity contribution is 5.53. The number of anilines is 3. The van der Waals surface area contributed by atoms with E-state index in [1.165, 1.54) is 25.7 Å². The second-order valence-corrected chi connectivity index (χ2v) is 5.76. The standard InChI is InChI=1S/C14H23N5O/c1-19(9-11-4-2-3-7-20-11)13-8-12(16-10-5-6-10)17-14(15)18-13/h8,10-11H,2-7,9H2,1H3,(H3,15,16,17,18)/t11-/m0/s1. The van der Waals surface area contributed by atoms with Gasteiger partial charge in [-0.05, 0) is 32.1 Å². The fourth-order valence-electron chi connectivity index (χ4n) is 2.51. The Hall–Kier alpha value is -1.56. The van der Waals surface area contributed by atoms with Crippen LogP contribution in [0.2, 0.25) is 0 Å². The maximum absolute atomic E-state index is 5.81. The number of likely N-dealkylation sites (N-methyl/N-ethyl adjacent to an activating group) is 1. The van der Waals surface area contributed by atoms with Crippen LogP contribution in [0.1, 0.15) is 32.1 Å². The van der Waals surface area contributed by atoms with Gasteiger partial charge in [-0.3, -0.25) is 0 Å². The summed E-state index contributed by atoms with van der Waals surface area (Å²) >= 11 is 0. The number of nitrogens with two attached hydrogens (primary N) is 1. The van der Waals surface area contributed by atoms with Crippen LogP contribution in [0.4, 0.5) is 17.6 Å². The summed E-state index contributed by atoms with van der Waals surface area (Å²) in [6.07, 6.45) is 6.27. The van der Waals surface area contributed by atoms with E-state index in [4.69, 9.17) is 10.5 Å². The lowest BCUT2D eigenvalue weighted by Gasteiger charge is -2.28. The Bertz CT molecular complexity index is 457. The number of ether oxygens (including phenoxy) is 1. The van der Waals surface area contributed by atoms with Gasteiger partial charge in [-0.1, -0.05) is 0 Å². The Balaban J connectivity index is 1.65. The van der Waals surface area contributed by atoms with Crippen LogP contribution in [0.25, 0.3) is 0 Å². The van der Waals surface area contributed by atoms with Gasteiger partial charge in [0.25, 0.3) is 0 Å². The number of aromatic nitrogens is 2. The first-order valence-electron chi connectivity index (χ1n) is 7.44. The summed E-state index contributed by atoms with van der Waals surface area (Å²) in [6, 6.07) is 2.53. The molecule has 1 saturated carbocycles. The van der Waals surface area contributed by atoms with Gasteiger partial charge in [0.2, 0.25) is 5.95 Å². The summed E-state index contributed by atoms with van der Waals surface area (Å²) in [7, 11) is 2.03. The molecule has 0 unspecified atom stereocenters. The molecule has 20 heavy (non-hydrogen) atoms. The van der Waals surface area contributed by atoms with E-state index in [1.54, 1.807) is 0 Å². The largest absolute Gasteiger partial charge is 0.376 e. The predicted molar refractivity (Wildman–Crippen MR) is 80.0 cm³/mol. The number of nitrogens with zero attached hydrogens (tertiary/aromatic N) is 3. The highest BCUT2D eigenvalue weighted by atomic mass is 16.5. The van der Waals surface area contributed by atoms with Gasteiger partial charge in [0.1, 0.15) is 11.6 Å². The maximum Gasteiger partial charge on any atom is 0.223 e. The number of nitrogen functional groups attached to an aromatic ring is 1. The summed E-state index contributed by atoms with van der Waals surface area (Å²) in [5.74, 6) is 2.00. The molecule has 1 saturated heterocycles. The molecule has 3 rings (SSSR count). The van der Waals surface area contributed by atoms with E-state index in [-0.39, 0.29) is 0 Å². The van der Waals surface area contributed by atoms with E-state index in [0.29, 0.717) is 18.1 Å². The lowest BCUT2D eigenvalue weighted by Crippen LogP contribution is -2.34. The van der Waals surface area contributed by atoms with E-state index in [1.807, 2.05) is 13.1 Å². The van der Waals surface area contributed by atoms with Gasteiger partial charge in [0.15, 0.2) is 0 Å². The Morgan fingerprint density at radius 2 is 2.20 bits per heavy atom. The third-order valence-corrected chi connectivity index (χ3v) is 3.80. The zero-order valence-corrected chi connectivity index (χ0v) is 12.0. The van der Waals surface area contributed by atoms with Gasteiger partial charge >= 0.3 is 0 Å². The van der Waals surface area contributed by atoms with Gasteiger partial charge in [-0.15, -0.1) is 0 Å². The van der Waals surface area contributed by atoms with E-state index < -0.39 is 0 Å². The quantitative estimate of drug-likeness (QED) is 0.852. The minimum Gasteiger partial charge on any atom is -0.376 e. The zero-order chi connectivity index (χ0) is 13.9. The average Bonchev–Trinajstić information content (AvgIpc) is 3.23. The Kier molecular flexibility index (Phi) is 3.91. The third kappa shape index (κ3) is 3.50. The topological polar surface area (TPSA) is 76.3 Å². The van der Waals surface area contributed by atoms with Crippen molar-refractivity contribution in [3.05, 3.63) is 6.07 Å². The summed E-state index contributed by atoms with van der Waals surface area (Å²) in [6.45, 7) is 1.72. The summed E-state index contributed by atoms with van der Waals surface area (Å²) in [4.78, 5) is 10.7. The summed E-state index contributed by atoms with van der Waals surface area (Å²) in [5, 5.41) is 3.37. The second-order valence-electron chi connectivity index (χ2n) is 5.76. The molecule has 6 nitrogen and oxygen atoms in total. The number of rotatable bonds is 5. The molecule has 0 amide bonds. The molecule has 6 heteroatoms. The Morgan fingerprint density at radius 3 is 2.90 bits per heavy atom. The third-order valence-electron chi connectivity index (χ3n) is 3.80. The molecule has 110 valence electrons. The smallest absolute Gasteiger partial charge is 0.223 e. The molecule has 1 aliphatic heterocycles. The summed E-state index contributed by atoms with van der Waals surface area (Å²) in [5.41, 5.74) is 5.81. The van der Waals surface area contributed by atoms with Crippen LogP contribution in [-0.4, -0.2) is 42.3 Å². The first kappa shape index (κ1) is 13.4. The van der Waals surface area contributed by atoms with E-state index in [0.717, 1.165) is 31.2 Å². The van der Waals surface area contributed by atoms with Crippen molar-refractivity contribution in [2.24, 2.45) is 0 Å². The Labute approximate surface area is 119 Å². The van der Waals surface area contributed by atoms with E-state index in [9.17, 15) is 0 Å². The van der Waals surface area contributed by atoms with Crippen molar-refractivity contribution < 1.29 is 4.74 Å². The second kappa shape index (κ2) is 5.83. The van der Waals surface area contributed by atoms with Crippen molar-refractivity contribution in [3.8, 4) is 0 Å². The minimum atomic E-state index is 0.296. The van der Waals surface area contributed by atoms with Gasteiger partial charge in [-0.25, -0.2) is 0 Å². The summed E-state index contributed by atoms with van der Waals surface area (Å²) < 4.78 is 5.77. The van der Waals surface area contributed by atoms with E-state index in [2.05, 4.69) is 20.2 Å². The fourth-order valence-corrected chi connectivity index (χ4v) is 2.51. The van der Waals surface area contributed by atoms with Gasteiger partial charge < -0.3 is 20.7 Å². The zero-order valence-electron chi connectivity index (χ0n) is 12.0. The molecule has 2 fully saturated rings. The van der Waals surface area contributed by atoms with E-state index >= 15 is 0 Å². The molecule has 2 heterocycles. The molecular formula is C14H23N5O. The normalized spacial score (nSPS) is 22.6. The molecule has 1 aliphatic carbocycles. The Morgan fingerprint density at radius 1 is 1.35 bits per heavy atom. The number of hydrogen-bond donors (Lipinski definition) is 2. The van der Waals surface area contributed by atoms with Crippen molar-refractivity contribution in [1.29, 1.82) is 0 Å². The van der Waals surface area contributed by atoms with Crippen LogP contribution in [0.5, 0.6) is 0 Å². The fraction of sp³-hybridized carbons (Fsp3) is 0.714. The molecule has 0 radical (unpaired) electrons. The van der Waals surface area contributed by atoms with Crippen LogP contribution in [0, 0.1) is 0 Å². The molecule has 1 aromatic heterocycles. The van der Waals surface area contributed by atoms with Crippen molar-refractivity contribution in [2.75, 3.05) is 36.1 Å². The molecule has 1 atom stereocenters. The average molecular weight is 277 g/mol. The van der Waals surface area contributed by atoms with Gasteiger partial charge in [0.05, 0.1) is 6.10 Å². The van der Waals surface area contributed by atoms with Crippen molar-refractivity contribution in [1.82, 2.24) is 9.97 Å². The lowest BCUT2D eigenvalue weighted by atomic mass is 10.1. The van der Waals surface area contributed by atoms with Crippen LogP contribution >= 0.6 is 0 Å². The van der Waals surface area contributed by atoms with Crippen LogP contribution in [0.3, 0.4) is 0 Å². The van der Waals surface area contributed by atoms with Crippen LogP contribution in [-0.2, 0) is 4.74 Å². The minimum absolute atomic E-state index is 0.296. The molecule has 0 spiro atoms. The monoisotopic (exact) mass is 277 g/mol. The van der Waals surface area contributed by atoms with Crippen molar-refractivity contribution in [2.45, 2.75) is 44.2 Å². The highest BCUT2D eigenvalue weighted by Crippen LogP contribution is 2.26. The van der Waals surface area contributed by atoms with Crippen molar-refractivity contribution in [3.63, 3.8) is 0 Å². The first-order chi connectivity index (χ1) is 9.70. The van der Waals surface area contributed by atoms with Gasteiger partial charge in [-0.2, -0.15) is 9.97 Å². The molecule has 1 aromatic rings. The molecular weight excluding hydrogens is 254 g/mol. The SMILES string of the molecule is CN(C[C@@H]1CCCCO1)c1cc(NC2CC2)nc(N)n1. The molecule has 0 aromatic carbocycles.